The number of rotatable bonds is 7. The van der Waals surface area contributed by atoms with Gasteiger partial charge in [-0.05, 0) is 24.7 Å². The number of thioether (sulfide) groups is 1. The maximum Gasteiger partial charge on any atom is 0.215 e. The van der Waals surface area contributed by atoms with Gasteiger partial charge in [-0.2, -0.15) is 11.8 Å². The van der Waals surface area contributed by atoms with E-state index in [9.17, 15) is 8.42 Å². The lowest BCUT2D eigenvalue weighted by Gasteiger charge is -2.41. The highest BCUT2D eigenvalue weighted by atomic mass is 127. The van der Waals surface area contributed by atoms with Crippen LogP contribution >= 0.6 is 35.7 Å². The Labute approximate surface area is 168 Å². The molecule has 9 heteroatoms. The molecule has 0 bridgehead atoms. The summed E-state index contributed by atoms with van der Waals surface area (Å²) >= 11 is 1.81. The molecule has 142 valence electrons. The number of aliphatic imine (C=N–C) groups is 1. The first kappa shape index (κ1) is 22.3. The predicted octanol–water partition coefficient (Wildman–Crippen LogP) is 1.73. The van der Waals surface area contributed by atoms with E-state index >= 15 is 0 Å². The number of hydrogen-bond acceptors (Lipinski definition) is 4. The van der Waals surface area contributed by atoms with E-state index in [1.807, 2.05) is 11.8 Å². The van der Waals surface area contributed by atoms with Gasteiger partial charge in [0.15, 0.2) is 5.96 Å². The second kappa shape index (κ2) is 10.4. The number of sulfonamides is 1. The van der Waals surface area contributed by atoms with Gasteiger partial charge in [0.1, 0.15) is 0 Å². The Bertz CT molecular complexity index is 498. The van der Waals surface area contributed by atoms with E-state index < -0.39 is 10.0 Å². The summed E-state index contributed by atoms with van der Waals surface area (Å²) in [5.41, 5.74) is 0.412. The van der Waals surface area contributed by atoms with Gasteiger partial charge in [-0.25, -0.2) is 12.7 Å². The van der Waals surface area contributed by atoms with E-state index in [1.165, 1.54) is 25.7 Å². The number of guanidine groups is 1. The fourth-order valence-electron chi connectivity index (χ4n) is 3.08. The first-order valence-corrected chi connectivity index (χ1v) is 11.3. The van der Waals surface area contributed by atoms with E-state index in [4.69, 9.17) is 0 Å². The number of hydrogen-bond donors (Lipinski definition) is 2. The zero-order valence-corrected chi connectivity index (χ0v) is 18.7. The van der Waals surface area contributed by atoms with Gasteiger partial charge in [-0.3, -0.25) is 4.99 Å². The van der Waals surface area contributed by atoms with Crippen LogP contribution in [-0.4, -0.2) is 69.2 Å². The number of halogens is 1. The second-order valence-electron chi connectivity index (χ2n) is 6.39. The summed E-state index contributed by atoms with van der Waals surface area (Å²) in [5.74, 6) is 2.62. The highest BCUT2D eigenvalue weighted by Crippen LogP contribution is 2.42. The molecular formula is C15H31IN4O2S2. The quantitative estimate of drug-likeness (QED) is 0.323. The maximum absolute atomic E-state index is 12.3. The molecule has 0 aromatic rings. The van der Waals surface area contributed by atoms with Crippen LogP contribution in [0.4, 0.5) is 0 Å². The average Bonchev–Trinajstić information content (AvgIpc) is 2.53. The fourth-order valence-corrected chi connectivity index (χ4v) is 5.57. The van der Waals surface area contributed by atoms with Crippen molar-refractivity contribution in [2.45, 2.75) is 32.6 Å². The molecule has 2 N–H and O–H groups in total. The van der Waals surface area contributed by atoms with Crippen LogP contribution in [0.3, 0.4) is 0 Å². The minimum absolute atomic E-state index is 0. The van der Waals surface area contributed by atoms with Crippen LogP contribution < -0.4 is 10.6 Å². The van der Waals surface area contributed by atoms with E-state index in [-0.39, 0.29) is 29.7 Å². The van der Waals surface area contributed by atoms with Crippen molar-refractivity contribution >= 4 is 51.7 Å². The molecule has 2 rings (SSSR count). The SMILES string of the molecule is CCC1(CNC(=NC)NCCS(=O)(=O)N2CCSCC2)CCC1.I. The zero-order valence-electron chi connectivity index (χ0n) is 14.7. The third-order valence-electron chi connectivity index (χ3n) is 5.03. The van der Waals surface area contributed by atoms with Crippen LogP contribution in [0, 0.1) is 5.41 Å². The normalized spacial score (nSPS) is 21.5. The summed E-state index contributed by atoms with van der Waals surface area (Å²) in [6, 6.07) is 0. The van der Waals surface area contributed by atoms with E-state index in [0.29, 0.717) is 31.0 Å². The summed E-state index contributed by atoms with van der Waals surface area (Å²) in [6.07, 6.45) is 5.04. The van der Waals surface area contributed by atoms with Gasteiger partial charge < -0.3 is 10.6 Å². The van der Waals surface area contributed by atoms with Gasteiger partial charge >= 0.3 is 0 Å². The summed E-state index contributed by atoms with van der Waals surface area (Å²) in [6.45, 7) is 4.82. The van der Waals surface area contributed by atoms with Crippen molar-refractivity contribution in [1.29, 1.82) is 0 Å². The van der Waals surface area contributed by atoms with Gasteiger partial charge in [0.05, 0.1) is 5.75 Å². The van der Waals surface area contributed by atoms with Crippen LogP contribution in [0.25, 0.3) is 0 Å². The van der Waals surface area contributed by atoms with Crippen LogP contribution in [0.15, 0.2) is 4.99 Å². The Morgan fingerprint density at radius 1 is 1.25 bits per heavy atom. The Morgan fingerprint density at radius 3 is 2.42 bits per heavy atom. The van der Waals surface area contributed by atoms with Gasteiger partial charge in [0.25, 0.3) is 0 Å². The van der Waals surface area contributed by atoms with E-state index in [1.54, 1.807) is 11.4 Å². The van der Waals surface area contributed by atoms with Crippen molar-refractivity contribution in [2.24, 2.45) is 10.4 Å². The minimum atomic E-state index is -3.15. The van der Waals surface area contributed by atoms with Crippen LogP contribution in [0.1, 0.15) is 32.6 Å². The molecule has 1 aliphatic heterocycles. The lowest BCUT2D eigenvalue weighted by atomic mass is 9.67. The van der Waals surface area contributed by atoms with Gasteiger partial charge in [-0.1, -0.05) is 13.3 Å². The summed E-state index contributed by atoms with van der Waals surface area (Å²) in [4.78, 5) is 4.20. The highest BCUT2D eigenvalue weighted by molar-refractivity contribution is 14.0. The highest BCUT2D eigenvalue weighted by Gasteiger charge is 2.34. The Morgan fingerprint density at radius 2 is 1.92 bits per heavy atom. The molecule has 1 saturated carbocycles. The maximum atomic E-state index is 12.3. The first-order valence-electron chi connectivity index (χ1n) is 8.51. The molecule has 1 saturated heterocycles. The summed E-state index contributed by atoms with van der Waals surface area (Å²) < 4.78 is 26.2. The molecule has 0 spiro atoms. The molecule has 1 heterocycles. The molecule has 0 aromatic carbocycles. The molecule has 0 unspecified atom stereocenters. The van der Waals surface area contributed by atoms with Crippen molar-refractivity contribution in [3.63, 3.8) is 0 Å². The van der Waals surface area contributed by atoms with Crippen molar-refractivity contribution in [3.05, 3.63) is 0 Å². The van der Waals surface area contributed by atoms with Crippen molar-refractivity contribution < 1.29 is 8.42 Å². The van der Waals surface area contributed by atoms with Crippen LogP contribution in [-0.2, 0) is 10.0 Å². The third-order valence-corrected chi connectivity index (χ3v) is 7.85. The Balaban J connectivity index is 0.00000288. The Hall–Kier alpha value is 0.260. The topological polar surface area (TPSA) is 73.8 Å². The number of nitrogens with zero attached hydrogens (tertiary/aromatic N) is 2. The summed E-state index contributed by atoms with van der Waals surface area (Å²) in [5, 5.41) is 6.49. The predicted molar refractivity (Wildman–Crippen MR) is 114 cm³/mol. The fraction of sp³-hybridized carbons (Fsp3) is 0.933. The molecule has 2 fully saturated rings. The number of nitrogens with one attached hydrogen (secondary N) is 2. The van der Waals surface area contributed by atoms with Gasteiger partial charge in [-0.15, -0.1) is 24.0 Å². The zero-order chi connectivity index (χ0) is 16.8. The monoisotopic (exact) mass is 490 g/mol. The molecular weight excluding hydrogens is 459 g/mol. The summed E-state index contributed by atoms with van der Waals surface area (Å²) in [7, 11) is -1.43. The molecule has 0 aromatic heterocycles. The van der Waals surface area contributed by atoms with Gasteiger partial charge in [0, 0.05) is 44.7 Å². The molecule has 0 amide bonds. The molecule has 1 aliphatic carbocycles. The third kappa shape index (κ3) is 6.21. The van der Waals surface area contributed by atoms with Crippen LogP contribution in [0.2, 0.25) is 0 Å². The van der Waals surface area contributed by atoms with E-state index in [2.05, 4.69) is 22.5 Å². The standard InChI is InChI=1S/C15H30N4O2S2.HI/c1-3-15(5-4-6-15)13-18-14(16-2)17-7-12-23(20,21)19-8-10-22-11-9-19;/h3-13H2,1-2H3,(H2,16,17,18);1H. The lowest BCUT2D eigenvalue weighted by Crippen LogP contribution is -2.48. The van der Waals surface area contributed by atoms with Crippen LogP contribution in [0.5, 0.6) is 0 Å². The first-order chi connectivity index (χ1) is 11.0. The van der Waals surface area contributed by atoms with E-state index in [0.717, 1.165) is 18.1 Å². The molecule has 0 radical (unpaired) electrons. The van der Waals surface area contributed by atoms with Crippen molar-refractivity contribution in [1.82, 2.24) is 14.9 Å². The smallest absolute Gasteiger partial charge is 0.215 e. The molecule has 2 aliphatic rings. The Kier molecular flexibility index (Phi) is 9.68. The lowest BCUT2D eigenvalue weighted by molar-refractivity contribution is 0.131. The minimum Gasteiger partial charge on any atom is -0.356 e. The van der Waals surface area contributed by atoms with Crippen molar-refractivity contribution in [3.8, 4) is 0 Å². The average molecular weight is 490 g/mol. The van der Waals surface area contributed by atoms with Crippen molar-refractivity contribution in [2.75, 3.05) is 50.5 Å². The molecule has 6 nitrogen and oxygen atoms in total. The second-order valence-corrected chi connectivity index (χ2v) is 9.70. The van der Waals surface area contributed by atoms with Gasteiger partial charge in [0.2, 0.25) is 10.0 Å². The molecule has 0 atom stereocenters. The largest absolute Gasteiger partial charge is 0.356 e. The molecule has 24 heavy (non-hydrogen) atoms.